The Labute approximate surface area is 172 Å². The van der Waals surface area contributed by atoms with Crippen LogP contribution in [0, 0.1) is 0 Å². The summed E-state index contributed by atoms with van der Waals surface area (Å²) in [6, 6.07) is 15.5. The van der Waals surface area contributed by atoms with Gasteiger partial charge in [0.25, 0.3) is 5.91 Å². The molecule has 3 aromatic rings. The Bertz CT molecular complexity index is 1050. The first kappa shape index (κ1) is 19.1. The topological polar surface area (TPSA) is 68.7 Å². The number of esters is 1. The SMILES string of the molecule is CCOC(=O)CN1C(=O)C(C)Oc2ccc(-c3csc(-c4ccccc4)n3)cc21. The standard InChI is InChI=1S/C22H20N2O4S/c1-3-27-20(25)12-24-18-11-16(9-10-19(18)28-14(2)22(24)26)17-13-29-21(23-17)15-7-5-4-6-8-15/h4-11,13-14H,3,12H2,1-2H3. The summed E-state index contributed by atoms with van der Waals surface area (Å²) in [5.74, 6) is -0.166. The van der Waals surface area contributed by atoms with Gasteiger partial charge in [-0.3, -0.25) is 14.5 Å². The van der Waals surface area contributed by atoms with E-state index in [0.29, 0.717) is 11.4 Å². The van der Waals surface area contributed by atoms with Gasteiger partial charge in [-0.2, -0.15) is 0 Å². The van der Waals surface area contributed by atoms with Crippen molar-refractivity contribution in [3.8, 4) is 27.6 Å². The van der Waals surface area contributed by atoms with Crippen molar-refractivity contribution in [2.24, 2.45) is 0 Å². The average molecular weight is 408 g/mol. The fraction of sp³-hybridized carbons (Fsp3) is 0.227. The number of fused-ring (bicyclic) bond motifs is 1. The number of amides is 1. The summed E-state index contributed by atoms with van der Waals surface area (Å²) < 4.78 is 10.7. The van der Waals surface area contributed by atoms with Gasteiger partial charge in [0.15, 0.2) is 6.10 Å². The van der Waals surface area contributed by atoms with Gasteiger partial charge in [-0.25, -0.2) is 4.98 Å². The number of hydrogen-bond acceptors (Lipinski definition) is 6. The number of carbonyl (C=O) groups is 2. The van der Waals surface area contributed by atoms with Crippen molar-refractivity contribution >= 4 is 28.9 Å². The van der Waals surface area contributed by atoms with Crippen molar-refractivity contribution in [2.75, 3.05) is 18.1 Å². The molecule has 2 heterocycles. The van der Waals surface area contributed by atoms with Gasteiger partial charge < -0.3 is 9.47 Å². The summed E-state index contributed by atoms with van der Waals surface area (Å²) in [5, 5.41) is 2.90. The summed E-state index contributed by atoms with van der Waals surface area (Å²) in [4.78, 5) is 30.8. The van der Waals surface area contributed by atoms with Gasteiger partial charge in [0, 0.05) is 16.5 Å². The lowest BCUT2D eigenvalue weighted by Gasteiger charge is -2.32. The molecule has 0 fully saturated rings. The molecule has 0 radical (unpaired) electrons. The van der Waals surface area contributed by atoms with E-state index in [0.717, 1.165) is 21.8 Å². The van der Waals surface area contributed by atoms with Crippen LogP contribution in [0.5, 0.6) is 5.75 Å². The smallest absolute Gasteiger partial charge is 0.326 e. The molecular formula is C22H20N2O4S. The minimum absolute atomic E-state index is 0.150. The van der Waals surface area contributed by atoms with Gasteiger partial charge in [-0.1, -0.05) is 30.3 Å². The molecule has 0 saturated heterocycles. The fourth-order valence-corrected chi connectivity index (χ4v) is 4.02. The van der Waals surface area contributed by atoms with Gasteiger partial charge in [0.05, 0.1) is 18.0 Å². The van der Waals surface area contributed by atoms with Crippen LogP contribution in [0.4, 0.5) is 5.69 Å². The number of thiazole rings is 1. The monoisotopic (exact) mass is 408 g/mol. The lowest BCUT2D eigenvalue weighted by Crippen LogP contribution is -2.47. The number of rotatable bonds is 5. The molecule has 1 amide bonds. The molecule has 0 N–H and O–H groups in total. The molecule has 0 aliphatic carbocycles. The minimum atomic E-state index is -0.660. The van der Waals surface area contributed by atoms with Gasteiger partial charge in [0.1, 0.15) is 17.3 Å². The number of ether oxygens (including phenoxy) is 2. The predicted octanol–water partition coefficient (Wildman–Crippen LogP) is 4.15. The van der Waals surface area contributed by atoms with Gasteiger partial charge >= 0.3 is 5.97 Å². The van der Waals surface area contributed by atoms with Crippen LogP contribution in [0.15, 0.2) is 53.9 Å². The molecule has 1 unspecified atom stereocenters. The maximum Gasteiger partial charge on any atom is 0.326 e. The van der Waals surface area contributed by atoms with E-state index in [1.54, 1.807) is 25.2 Å². The molecule has 1 aliphatic heterocycles. The van der Waals surface area contributed by atoms with Crippen LogP contribution in [0.2, 0.25) is 0 Å². The third-order valence-electron chi connectivity index (χ3n) is 4.58. The Kier molecular flexibility index (Phi) is 5.31. The Balaban J connectivity index is 1.68. The summed E-state index contributed by atoms with van der Waals surface area (Å²) in [6.07, 6.45) is -0.660. The van der Waals surface area contributed by atoms with Gasteiger partial charge in [-0.15, -0.1) is 11.3 Å². The molecule has 4 rings (SSSR count). The highest BCUT2D eigenvalue weighted by molar-refractivity contribution is 7.13. The number of benzene rings is 2. The molecule has 0 spiro atoms. The molecular weight excluding hydrogens is 388 g/mol. The Morgan fingerprint density at radius 3 is 2.76 bits per heavy atom. The molecule has 0 bridgehead atoms. The van der Waals surface area contributed by atoms with E-state index in [9.17, 15) is 9.59 Å². The second-order valence-corrected chi connectivity index (χ2v) is 7.43. The molecule has 1 aromatic heterocycles. The van der Waals surface area contributed by atoms with Gasteiger partial charge in [0.2, 0.25) is 0 Å². The zero-order valence-corrected chi connectivity index (χ0v) is 16.9. The zero-order chi connectivity index (χ0) is 20.4. The number of carbonyl (C=O) groups excluding carboxylic acids is 2. The molecule has 2 aromatic carbocycles. The van der Waals surface area contributed by atoms with E-state index in [4.69, 9.17) is 14.5 Å². The van der Waals surface area contributed by atoms with Crippen molar-refractivity contribution in [1.29, 1.82) is 0 Å². The number of nitrogens with zero attached hydrogens (tertiary/aromatic N) is 2. The largest absolute Gasteiger partial charge is 0.479 e. The second kappa shape index (κ2) is 8.05. The lowest BCUT2D eigenvalue weighted by molar-refractivity contribution is -0.143. The highest BCUT2D eigenvalue weighted by Gasteiger charge is 2.33. The Morgan fingerprint density at radius 1 is 1.21 bits per heavy atom. The maximum absolute atomic E-state index is 12.6. The lowest BCUT2D eigenvalue weighted by atomic mass is 10.1. The fourth-order valence-electron chi connectivity index (χ4n) is 3.18. The molecule has 7 heteroatoms. The van der Waals surface area contributed by atoms with Crippen LogP contribution in [-0.2, 0) is 14.3 Å². The first-order valence-electron chi connectivity index (χ1n) is 9.36. The summed E-state index contributed by atoms with van der Waals surface area (Å²) in [7, 11) is 0. The Hall–Kier alpha value is -3.19. The van der Waals surface area contributed by atoms with Crippen molar-refractivity contribution < 1.29 is 19.1 Å². The quantitative estimate of drug-likeness (QED) is 0.593. The Morgan fingerprint density at radius 2 is 2.00 bits per heavy atom. The van der Waals surface area contributed by atoms with Crippen LogP contribution in [0.3, 0.4) is 0 Å². The third-order valence-corrected chi connectivity index (χ3v) is 5.47. The van der Waals surface area contributed by atoms with E-state index in [2.05, 4.69) is 0 Å². The molecule has 0 saturated carbocycles. The summed E-state index contributed by atoms with van der Waals surface area (Å²) in [6.45, 7) is 3.52. The van der Waals surface area contributed by atoms with Crippen LogP contribution < -0.4 is 9.64 Å². The first-order chi connectivity index (χ1) is 14.1. The number of anilines is 1. The van der Waals surface area contributed by atoms with E-state index >= 15 is 0 Å². The summed E-state index contributed by atoms with van der Waals surface area (Å²) in [5.41, 5.74) is 3.26. The number of aromatic nitrogens is 1. The van der Waals surface area contributed by atoms with E-state index < -0.39 is 12.1 Å². The van der Waals surface area contributed by atoms with E-state index in [-0.39, 0.29) is 19.1 Å². The highest BCUT2D eigenvalue weighted by atomic mass is 32.1. The molecule has 6 nitrogen and oxygen atoms in total. The van der Waals surface area contributed by atoms with Crippen LogP contribution >= 0.6 is 11.3 Å². The van der Waals surface area contributed by atoms with Gasteiger partial charge in [-0.05, 0) is 32.0 Å². The summed E-state index contributed by atoms with van der Waals surface area (Å²) >= 11 is 1.56. The molecule has 1 atom stereocenters. The minimum Gasteiger partial charge on any atom is -0.479 e. The zero-order valence-electron chi connectivity index (χ0n) is 16.1. The average Bonchev–Trinajstić information content (AvgIpc) is 3.22. The van der Waals surface area contributed by atoms with Crippen molar-refractivity contribution in [1.82, 2.24) is 4.98 Å². The highest BCUT2D eigenvalue weighted by Crippen LogP contribution is 2.38. The van der Waals surface area contributed by atoms with Crippen LogP contribution in [-0.4, -0.2) is 36.1 Å². The van der Waals surface area contributed by atoms with Crippen molar-refractivity contribution in [3.63, 3.8) is 0 Å². The third kappa shape index (κ3) is 3.86. The normalized spacial score (nSPS) is 15.6. The van der Waals surface area contributed by atoms with Crippen molar-refractivity contribution in [3.05, 3.63) is 53.9 Å². The van der Waals surface area contributed by atoms with E-state index in [1.807, 2.05) is 53.9 Å². The predicted molar refractivity (Wildman–Crippen MR) is 112 cm³/mol. The second-order valence-electron chi connectivity index (χ2n) is 6.58. The van der Waals surface area contributed by atoms with Crippen LogP contribution in [0.25, 0.3) is 21.8 Å². The molecule has 1 aliphatic rings. The molecule has 29 heavy (non-hydrogen) atoms. The first-order valence-corrected chi connectivity index (χ1v) is 10.2. The van der Waals surface area contributed by atoms with E-state index in [1.165, 1.54) is 4.90 Å². The number of hydrogen-bond donors (Lipinski definition) is 0. The van der Waals surface area contributed by atoms with Crippen molar-refractivity contribution in [2.45, 2.75) is 20.0 Å². The maximum atomic E-state index is 12.6. The molecule has 148 valence electrons. The van der Waals surface area contributed by atoms with Crippen LogP contribution in [0.1, 0.15) is 13.8 Å².